The van der Waals surface area contributed by atoms with Crippen molar-refractivity contribution in [1.29, 1.82) is 0 Å². The van der Waals surface area contributed by atoms with E-state index in [9.17, 15) is 0 Å². The summed E-state index contributed by atoms with van der Waals surface area (Å²) >= 11 is 0. The third-order valence-corrected chi connectivity index (χ3v) is 13.7. The maximum Gasteiger partial charge on any atom is 0.194 e. The molecule has 1 heterocycles. The summed E-state index contributed by atoms with van der Waals surface area (Å²) < 4.78 is 14.4. The topological polar surface area (TPSA) is 21.7 Å². The molecule has 3 aliphatic carbocycles. The van der Waals surface area contributed by atoms with E-state index in [1.165, 1.54) is 55.6 Å². The van der Waals surface area contributed by atoms with Crippen LogP contribution >= 0.6 is 0 Å². The van der Waals surface area contributed by atoms with Crippen molar-refractivity contribution in [2.24, 2.45) is 0 Å². The molecule has 0 radical (unpaired) electrons. The Morgan fingerprint density at radius 1 is 0.438 bits per heavy atom. The van der Waals surface area contributed by atoms with Crippen LogP contribution in [0.3, 0.4) is 0 Å². The van der Waals surface area contributed by atoms with Gasteiger partial charge in [0.25, 0.3) is 0 Å². The molecule has 0 bridgehead atoms. The van der Waals surface area contributed by atoms with Crippen molar-refractivity contribution in [2.45, 2.75) is 17.8 Å². The van der Waals surface area contributed by atoms with E-state index in [0.29, 0.717) is 23.2 Å². The van der Waals surface area contributed by atoms with Gasteiger partial charge in [0.1, 0.15) is 0 Å². The Balaban J connectivity index is 0.942. The van der Waals surface area contributed by atoms with Crippen LogP contribution in [0, 0.1) is 0 Å². The fourth-order valence-corrected chi connectivity index (χ4v) is 10.9. The summed E-state index contributed by atoms with van der Waals surface area (Å²) in [5.41, 5.74) is 18.4. The Labute approximate surface area is 373 Å². The van der Waals surface area contributed by atoms with Gasteiger partial charge in [0, 0.05) is 22.9 Å². The summed E-state index contributed by atoms with van der Waals surface area (Å²) in [5, 5.41) is 0. The fraction of sp³-hybridized carbons (Fsp3) is 0.0492. The first-order valence-electron chi connectivity index (χ1n) is 22.2. The van der Waals surface area contributed by atoms with E-state index in [1.807, 2.05) is 6.07 Å². The molecule has 0 saturated heterocycles. The number of rotatable bonds is 6. The van der Waals surface area contributed by atoms with E-state index in [4.69, 9.17) is 9.47 Å². The standard InChI is InChI=1S/C61H41NO2/c1-3-16-40(17-4-1)42-32-34-46(35-33-42)62(47-23-14-22-45(39-47)44-21-13-20-43(38-44)41-18-5-2-6-19-41)55-30-15-31-56-59(55)63-57-37-36-54-58(60(57)64-56)50-26-9-12-29-53(50)61(54)51-27-10-7-24-48(51)49-25-8-11-28-52(49)61/h1-32,34-39,42H,33H2. The molecule has 64 heavy (non-hydrogen) atoms. The summed E-state index contributed by atoms with van der Waals surface area (Å²) in [7, 11) is 0. The highest BCUT2D eigenvalue weighted by Gasteiger charge is 2.53. The molecule has 0 N–H and O–H groups in total. The highest BCUT2D eigenvalue weighted by atomic mass is 16.6. The fourth-order valence-electron chi connectivity index (χ4n) is 10.9. The van der Waals surface area contributed by atoms with Gasteiger partial charge in [0.05, 0.1) is 11.1 Å². The third kappa shape index (κ3) is 5.47. The van der Waals surface area contributed by atoms with Gasteiger partial charge in [-0.3, -0.25) is 0 Å². The van der Waals surface area contributed by atoms with E-state index < -0.39 is 5.41 Å². The smallest absolute Gasteiger partial charge is 0.194 e. The van der Waals surface area contributed by atoms with Gasteiger partial charge in [0.2, 0.25) is 0 Å². The molecule has 3 nitrogen and oxygen atoms in total. The van der Waals surface area contributed by atoms with Gasteiger partial charge in [-0.05, 0) is 116 Å². The number of para-hydroxylation sites is 1. The lowest BCUT2D eigenvalue weighted by Crippen LogP contribution is -2.25. The van der Waals surface area contributed by atoms with Crippen LogP contribution in [-0.4, -0.2) is 0 Å². The first-order valence-corrected chi connectivity index (χ1v) is 22.2. The number of allylic oxidation sites excluding steroid dienone is 3. The predicted molar refractivity (Wildman–Crippen MR) is 260 cm³/mol. The van der Waals surface area contributed by atoms with Gasteiger partial charge >= 0.3 is 0 Å². The van der Waals surface area contributed by atoms with Crippen molar-refractivity contribution in [3.05, 3.63) is 264 Å². The minimum Gasteiger partial charge on any atom is -0.449 e. The monoisotopic (exact) mass is 819 g/mol. The molecule has 13 rings (SSSR count). The average Bonchev–Trinajstić information content (AvgIpc) is 3.85. The Bertz CT molecular complexity index is 3340. The van der Waals surface area contributed by atoms with Crippen LogP contribution in [0.15, 0.2) is 236 Å². The highest BCUT2D eigenvalue weighted by molar-refractivity contribution is 5.98. The van der Waals surface area contributed by atoms with Gasteiger partial charge < -0.3 is 14.4 Å². The van der Waals surface area contributed by atoms with E-state index >= 15 is 0 Å². The van der Waals surface area contributed by atoms with Crippen LogP contribution in [-0.2, 0) is 5.41 Å². The lowest BCUT2D eigenvalue weighted by molar-refractivity contribution is 0.361. The number of fused-ring (bicyclic) bond motifs is 13. The molecular weight excluding hydrogens is 779 g/mol. The second-order valence-corrected chi connectivity index (χ2v) is 17.1. The van der Waals surface area contributed by atoms with Crippen molar-refractivity contribution in [2.75, 3.05) is 4.90 Å². The predicted octanol–water partition coefficient (Wildman–Crippen LogP) is 16.0. The van der Waals surface area contributed by atoms with Gasteiger partial charge in [-0.25, -0.2) is 0 Å². The maximum absolute atomic E-state index is 7.20. The van der Waals surface area contributed by atoms with Crippen molar-refractivity contribution < 1.29 is 9.47 Å². The van der Waals surface area contributed by atoms with Crippen molar-refractivity contribution in [3.63, 3.8) is 0 Å². The molecular formula is C61H41NO2. The number of anilines is 2. The van der Waals surface area contributed by atoms with Gasteiger partial charge in [-0.1, -0.05) is 188 Å². The molecule has 4 aliphatic rings. The third-order valence-electron chi connectivity index (χ3n) is 13.7. The van der Waals surface area contributed by atoms with Crippen molar-refractivity contribution in [1.82, 2.24) is 0 Å². The molecule has 0 amide bonds. The van der Waals surface area contributed by atoms with E-state index in [1.54, 1.807) is 0 Å². The first kappa shape index (κ1) is 36.5. The molecule has 0 fully saturated rings. The minimum atomic E-state index is -0.473. The summed E-state index contributed by atoms with van der Waals surface area (Å²) in [6.45, 7) is 0. The molecule has 302 valence electrons. The Morgan fingerprint density at radius 2 is 1.00 bits per heavy atom. The SMILES string of the molecule is C1=CC(c2ccccc2)CC=C1N(c1cccc(-c2cccc(-c3ccccc3)c2)c1)c1cccc2c1Oc1ccc3c(c1O2)-c1ccccc1C31c2ccccc2-c2ccccc21. The molecule has 9 aromatic rings. The quantitative estimate of drug-likeness (QED) is 0.167. The first-order chi connectivity index (χ1) is 31.7. The van der Waals surface area contributed by atoms with Crippen LogP contribution < -0.4 is 14.4 Å². The number of benzene rings is 9. The van der Waals surface area contributed by atoms with Crippen molar-refractivity contribution in [3.8, 4) is 67.5 Å². The average molecular weight is 820 g/mol. The molecule has 0 saturated carbocycles. The van der Waals surface area contributed by atoms with Crippen LogP contribution in [0.1, 0.15) is 40.2 Å². The normalized spacial score (nSPS) is 15.4. The lowest BCUT2D eigenvalue weighted by atomic mass is 9.70. The Hall–Kier alpha value is -8.14. The second-order valence-electron chi connectivity index (χ2n) is 17.1. The Kier molecular flexibility index (Phi) is 8.26. The largest absolute Gasteiger partial charge is 0.449 e. The zero-order chi connectivity index (χ0) is 42.2. The van der Waals surface area contributed by atoms with E-state index in [0.717, 1.165) is 45.9 Å². The highest BCUT2D eigenvalue weighted by Crippen LogP contribution is 2.66. The maximum atomic E-state index is 7.20. The van der Waals surface area contributed by atoms with Gasteiger partial charge in [0.15, 0.2) is 23.0 Å². The number of hydrogen-bond donors (Lipinski definition) is 0. The summed E-state index contributed by atoms with van der Waals surface area (Å²) in [6, 6.07) is 76.3. The number of hydrogen-bond acceptors (Lipinski definition) is 3. The molecule has 1 atom stereocenters. The lowest BCUT2D eigenvalue weighted by Gasteiger charge is -2.33. The number of nitrogens with zero attached hydrogens (tertiary/aromatic N) is 1. The molecule has 0 aromatic heterocycles. The van der Waals surface area contributed by atoms with Gasteiger partial charge in [-0.15, -0.1) is 0 Å². The van der Waals surface area contributed by atoms with Crippen LogP contribution in [0.25, 0.3) is 44.5 Å². The van der Waals surface area contributed by atoms with Crippen LogP contribution in [0.4, 0.5) is 11.4 Å². The summed E-state index contributed by atoms with van der Waals surface area (Å²) in [4.78, 5) is 2.33. The molecule has 3 heteroatoms. The van der Waals surface area contributed by atoms with Gasteiger partial charge in [-0.2, -0.15) is 0 Å². The molecule has 1 aliphatic heterocycles. The zero-order valence-electron chi connectivity index (χ0n) is 35.0. The summed E-state index contributed by atoms with van der Waals surface area (Å²) in [6.07, 6.45) is 7.84. The molecule has 1 unspecified atom stereocenters. The zero-order valence-corrected chi connectivity index (χ0v) is 35.0. The number of ether oxygens (including phenoxy) is 2. The summed E-state index contributed by atoms with van der Waals surface area (Å²) in [5.74, 6) is 3.12. The minimum absolute atomic E-state index is 0.294. The van der Waals surface area contributed by atoms with Crippen LogP contribution in [0.2, 0.25) is 0 Å². The molecule has 1 spiro atoms. The van der Waals surface area contributed by atoms with E-state index in [-0.39, 0.29) is 0 Å². The van der Waals surface area contributed by atoms with Crippen molar-refractivity contribution >= 4 is 11.4 Å². The second kappa shape index (κ2) is 14.5. The van der Waals surface area contributed by atoms with E-state index in [2.05, 4.69) is 229 Å². The van der Waals surface area contributed by atoms with Crippen LogP contribution in [0.5, 0.6) is 23.0 Å². The molecule has 9 aromatic carbocycles. The Morgan fingerprint density at radius 3 is 1.72 bits per heavy atom.